The minimum Gasteiger partial charge on any atom is -1.00 e. The second-order valence-electron chi connectivity index (χ2n) is 5.57. The van der Waals surface area contributed by atoms with Gasteiger partial charge >= 0.3 is 23.1 Å². The van der Waals surface area contributed by atoms with E-state index in [1.54, 1.807) is 12.1 Å². The zero-order valence-electron chi connectivity index (χ0n) is 15.7. The van der Waals surface area contributed by atoms with Crippen LogP contribution in [0.25, 0.3) is 0 Å². The Morgan fingerprint density at radius 2 is 1.42 bits per heavy atom. The molecule has 0 fully saturated rings. The number of hydrogen-bond acceptors (Lipinski definition) is 2. The fraction of sp³-hybridized carbons (Fsp3) is 0.182. The summed E-state index contributed by atoms with van der Waals surface area (Å²) >= 11 is 0. The first kappa shape index (κ1) is 29.2. The number of carbonyl (C=O) groups excluding carboxylic acids is 1. The molecule has 2 nitrogen and oxygen atoms in total. The van der Waals surface area contributed by atoms with Crippen LogP contribution in [0.15, 0.2) is 85.0 Å². The van der Waals surface area contributed by atoms with Crippen LogP contribution in [0.3, 0.4) is 0 Å². The molecule has 2 aromatic rings. The molecule has 0 saturated heterocycles. The Morgan fingerprint density at radius 1 is 1.04 bits per heavy atom. The molecule has 1 unspecified atom stereocenters. The van der Waals surface area contributed by atoms with Crippen LogP contribution in [0.1, 0.15) is 42.3 Å². The van der Waals surface area contributed by atoms with Crippen molar-refractivity contribution in [1.82, 2.24) is 0 Å². The first-order chi connectivity index (χ1) is 11.4. The van der Waals surface area contributed by atoms with Gasteiger partial charge in [-0.15, -0.1) is 6.58 Å². The molecule has 0 spiro atoms. The SMILES string of the molecule is C=C(C)CC(O)c1ccccc1.C=C([CH2-])C.O=Cc1ccccc1.[Cl-].[Mg+2]. The topological polar surface area (TPSA) is 37.3 Å². The van der Waals surface area contributed by atoms with Crippen LogP contribution >= 0.6 is 0 Å². The predicted octanol–water partition coefficient (Wildman–Crippen LogP) is 2.21. The van der Waals surface area contributed by atoms with Gasteiger partial charge in [0.2, 0.25) is 0 Å². The first-order valence-electron chi connectivity index (χ1n) is 7.72. The van der Waals surface area contributed by atoms with E-state index in [0.717, 1.165) is 28.6 Å². The Hall–Kier alpha value is -1.52. The van der Waals surface area contributed by atoms with Crippen molar-refractivity contribution >= 4 is 29.3 Å². The average molecular weight is 383 g/mol. The fourth-order valence-corrected chi connectivity index (χ4v) is 1.65. The minimum atomic E-state index is -0.399. The molecule has 0 aliphatic carbocycles. The Morgan fingerprint density at radius 3 is 1.73 bits per heavy atom. The summed E-state index contributed by atoms with van der Waals surface area (Å²) in [6.07, 6.45) is 1.08. The molecule has 2 rings (SSSR count). The van der Waals surface area contributed by atoms with Crippen molar-refractivity contribution in [3.63, 3.8) is 0 Å². The Bertz CT molecular complexity index is 609. The van der Waals surface area contributed by atoms with E-state index in [9.17, 15) is 9.90 Å². The van der Waals surface area contributed by atoms with Crippen molar-refractivity contribution < 1.29 is 22.3 Å². The van der Waals surface area contributed by atoms with Crippen molar-refractivity contribution in [3.05, 3.63) is 103 Å². The maximum Gasteiger partial charge on any atom is 2.00 e. The van der Waals surface area contributed by atoms with Crippen LogP contribution in [-0.4, -0.2) is 34.4 Å². The molecular formula is C22H27ClMgO2. The van der Waals surface area contributed by atoms with Crippen molar-refractivity contribution in [2.24, 2.45) is 0 Å². The summed E-state index contributed by atoms with van der Waals surface area (Å²) < 4.78 is 0. The molecule has 0 saturated carbocycles. The summed E-state index contributed by atoms with van der Waals surface area (Å²) in [6, 6.07) is 18.7. The minimum absolute atomic E-state index is 0. The normalized spacial score (nSPS) is 9.35. The molecule has 1 N–H and O–H groups in total. The summed E-state index contributed by atoms with van der Waals surface area (Å²) in [5.74, 6) is 0. The number of aliphatic hydroxyl groups excluding tert-OH is 1. The van der Waals surface area contributed by atoms with E-state index in [1.807, 2.05) is 62.4 Å². The number of benzene rings is 2. The molecule has 26 heavy (non-hydrogen) atoms. The van der Waals surface area contributed by atoms with Crippen LogP contribution in [-0.2, 0) is 0 Å². The standard InChI is InChI=1S/C11H14O.C7H6O.C4H7.ClH.Mg/c1-9(2)8-11(12)10-6-4-3-5-7-10;8-6-7-4-2-1-3-5-7;1-4(2)3;;/h3-7,11-12H,1,8H2,2H3;1-6H;1-2H2,3H3;1H;/q;;-1;;+2/p-1. The van der Waals surface area contributed by atoms with Crippen LogP contribution in [0.5, 0.6) is 0 Å². The number of aliphatic hydroxyl groups is 1. The van der Waals surface area contributed by atoms with Gasteiger partial charge in [-0.05, 0) is 18.9 Å². The zero-order chi connectivity index (χ0) is 18.4. The molecule has 0 aliphatic heterocycles. The maximum atomic E-state index is 10.0. The Kier molecular flexibility index (Phi) is 20.6. The molecule has 0 amide bonds. The van der Waals surface area contributed by atoms with Gasteiger partial charge in [0, 0.05) is 5.56 Å². The Labute approximate surface area is 180 Å². The smallest absolute Gasteiger partial charge is 1.00 e. The summed E-state index contributed by atoms with van der Waals surface area (Å²) in [4.78, 5) is 10.0. The Balaban J connectivity index is -0.000000331. The third-order valence-corrected chi connectivity index (χ3v) is 2.66. The van der Waals surface area contributed by atoms with E-state index in [0.29, 0.717) is 6.42 Å². The summed E-state index contributed by atoms with van der Waals surface area (Å²) in [7, 11) is 0. The number of aldehydes is 1. The van der Waals surface area contributed by atoms with Crippen LogP contribution < -0.4 is 12.4 Å². The average Bonchev–Trinajstić information content (AvgIpc) is 2.56. The third kappa shape index (κ3) is 17.3. The van der Waals surface area contributed by atoms with Gasteiger partial charge < -0.3 is 17.5 Å². The number of rotatable bonds is 4. The van der Waals surface area contributed by atoms with Gasteiger partial charge in [0.1, 0.15) is 6.29 Å². The van der Waals surface area contributed by atoms with Crippen LogP contribution in [0.4, 0.5) is 0 Å². The van der Waals surface area contributed by atoms with Crippen molar-refractivity contribution in [3.8, 4) is 0 Å². The predicted molar refractivity (Wildman–Crippen MR) is 109 cm³/mol. The molecule has 0 radical (unpaired) electrons. The van der Waals surface area contributed by atoms with Gasteiger partial charge in [0.05, 0.1) is 6.10 Å². The number of hydrogen-bond donors (Lipinski definition) is 1. The largest absolute Gasteiger partial charge is 2.00 e. The van der Waals surface area contributed by atoms with Crippen molar-refractivity contribution in [2.45, 2.75) is 26.4 Å². The summed E-state index contributed by atoms with van der Waals surface area (Å²) in [6.45, 7) is 14.4. The molecule has 136 valence electrons. The van der Waals surface area contributed by atoms with E-state index in [2.05, 4.69) is 20.1 Å². The quantitative estimate of drug-likeness (QED) is 0.381. The van der Waals surface area contributed by atoms with Crippen LogP contribution in [0.2, 0.25) is 0 Å². The van der Waals surface area contributed by atoms with Crippen molar-refractivity contribution in [2.75, 3.05) is 0 Å². The number of carbonyl (C=O) groups is 1. The van der Waals surface area contributed by atoms with Crippen LogP contribution in [0, 0.1) is 6.92 Å². The van der Waals surface area contributed by atoms with Crippen molar-refractivity contribution in [1.29, 1.82) is 0 Å². The fourth-order valence-electron chi connectivity index (χ4n) is 1.65. The molecule has 4 heteroatoms. The van der Waals surface area contributed by atoms with E-state index < -0.39 is 6.10 Å². The van der Waals surface area contributed by atoms with Gasteiger partial charge in [-0.1, -0.05) is 73.2 Å². The summed E-state index contributed by atoms with van der Waals surface area (Å²) in [5, 5.41) is 9.63. The monoisotopic (exact) mass is 382 g/mol. The van der Waals surface area contributed by atoms with E-state index in [4.69, 9.17) is 0 Å². The zero-order valence-corrected chi connectivity index (χ0v) is 17.9. The molecule has 0 bridgehead atoms. The second-order valence-corrected chi connectivity index (χ2v) is 5.57. The van der Waals surface area contributed by atoms with E-state index in [1.165, 1.54) is 0 Å². The molecule has 0 aliphatic rings. The molecule has 1 atom stereocenters. The first-order valence-corrected chi connectivity index (χ1v) is 7.72. The molecular weight excluding hydrogens is 356 g/mol. The van der Waals surface area contributed by atoms with Gasteiger partial charge in [0.15, 0.2) is 0 Å². The summed E-state index contributed by atoms with van der Waals surface area (Å²) in [5.41, 5.74) is 3.61. The van der Waals surface area contributed by atoms with Gasteiger partial charge in [-0.2, -0.15) is 0 Å². The maximum absolute atomic E-state index is 10.0. The molecule has 2 aromatic carbocycles. The van der Waals surface area contributed by atoms with Gasteiger partial charge in [-0.25, -0.2) is 19.1 Å². The second kappa shape index (κ2) is 18.3. The molecule has 0 aromatic heterocycles. The third-order valence-electron chi connectivity index (χ3n) is 2.66. The number of halogens is 1. The van der Waals surface area contributed by atoms with E-state index in [-0.39, 0.29) is 35.5 Å². The van der Waals surface area contributed by atoms with Gasteiger partial charge in [0.25, 0.3) is 0 Å². The molecule has 0 heterocycles. The van der Waals surface area contributed by atoms with Gasteiger partial charge in [-0.3, -0.25) is 4.79 Å². The van der Waals surface area contributed by atoms with E-state index >= 15 is 0 Å². The number of allylic oxidation sites excluding steroid dienone is 1.